The van der Waals surface area contributed by atoms with Crippen molar-refractivity contribution in [2.45, 2.75) is 4.90 Å². The number of anilines is 1. The van der Waals surface area contributed by atoms with E-state index in [-0.39, 0.29) is 4.90 Å². The highest BCUT2D eigenvalue weighted by atomic mass is 32.2. The van der Waals surface area contributed by atoms with E-state index in [9.17, 15) is 13.7 Å². The second-order valence-electron chi connectivity index (χ2n) is 6.30. The summed E-state index contributed by atoms with van der Waals surface area (Å²) in [5.41, 5.74) is 1.53. The monoisotopic (exact) mass is 415 g/mol. The van der Waals surface area contributed by atoms with Crippen LogP contribution in [0.1, 0.15) is 5.56 Å². The first kappa shape index (κ1) is 20.4. The maximum Gasteiger partial charge on any atom is 0.264 e. The van der Waals surface area contributed by atoms with Gasteiger partial charge in [0.15, 0.2) is 11.5 Å². The maximum absolute atomic E-state index is 13.3. The Morgan fingerprint density at radius 3 is 2.17 bits per heavy atom. The SMILES string of the molecule is COc1cc(N(C)S(=O)(=O)c2ccc3c(c2)c(C#N)cn3C)cc(OC)c1OC. The van der Waals surface area contributed by atoms with Gasteiger partial charge in [0.1, 0.15) is 6.07 Å². The van der Waals surface area contributed by atoms with Crippen LogP contribution in [-0.2, 0) is 17.1 Å². The largest absolute Gasteiger partial charge is 0.493 e. The van der Waals surface area contributed by atoms with Gasteiger partial charge in [-0.2, -0.15) is 5.26 Å². The molecule has 29 heavy (non-hydrogen) atoms. The number of aromatic nitrogens is 1. The number of nitriles is 1. The van der Waals surface area contributed by atoms with Crippen molar-refractivity contribution >= 4 is 26.6 Å². The molecule has 0 aliphatic heterocycles. The van der Waals surface area contributed by atoms with Gasteiger partial charge in [-0.25, -0.2) is 8.42 Å². The van der Waals surface area contributed by atoms with Gasteiger partial charge in [0, 0.05) is 43.3 Å². The van der Waals surface area contributed by atoms with Gasteiger partial charge in [0.2, 0.25) is 5.75 Å². The van der Waals surface area contributed by atoms with Crippen molar-refractivity contribution in [3.63, 3.8) is 0 Å². The molecule has 2 aromatic carbocycles. The molecule has 0 saturated carbocycles. The van der Waals surface area contributed by atoms with Gasteiger partial charge < -0.3 is 18.8 Å². The third-order valence-electron chi connectivity index (χ3n) is 4.75. The van der Waals surface area contributed by atoms with E-state index in [0.717, 1.165) is 9.82 Å². The molecular formula is C20H21N3O5S. The standard InChI is InChI=1S/C20H21N3O5S/c1-22-12-13(11-21)16-10-15(6-7-17(16)22)29(24,25)23(2)14-8-18(26-3)20(28-5)19(9-14)27-4/h6-10,12H,1-5H3. The Bertz CT molecular complexity index is 1200. The molecule has 0 saturated heterocycles. The molecule has 0 atom stereocenters. The summed E-state index contributed by atoms with van der Waals surface area (Å²) in [6.07, 6.45) is 1.67. The van der Waals surface area contributed by atoms with E-state index in [1.54, 1.807) is 36.0 Å². The summed E-state index contributed by atoms with van der Waals surface area (Å²) >= 11 is 0. The molecule has 152 valence electrons. The van der Waals surface area contributed by atoms with Crippen LogP contribution in [0.3, 0.4) is 0 Å². The van der Waals surface area contributed by atoms with Gasteiger partial charge in [0.05, 0.1) is 37.5 Å². The van der Waals surface area contributed by atoms with Crippen LogP contribution in [0.2, 0.25) is 0 Å². The molecule has 3 aromatic rings. The van der Waals surface area contributed by atoms with Crippen molar-refractivity contribution in [2.24, 2.45) is 7.05 Å². The zero-order valence-electron chi connectivity index (χ0n) is 16.8. The molecule has 0 N–H and O–H groups in total. The molecule has 0 spiro atoms. The average molecular weight is 415 g/mol. The molecule has 0 bridgehead atoms. The van der Waals surface area contributed by atoms with Crippen LogP contribution in [0.15, 0.2) is 41.4 Å². The Balaban J connectivity index is 2.13. The lowest BCUT2D eigenvalue weighted by Gasteiger charge is -2.22. The lowest BCUT2D eigenvalue weighted by molar-refractivity contribution is 0.324. The highest BCUT2D eigenvalue weighted by molar-refractivity contribution is 7.92. The molecule has 0 amide bonds. The number of benzene rings is 2. The summed E-state index contributed by atoms with van der Waals surface area (Å²) in [5, 5.41) is 9.91. The molecule has 0 fully saturated rings. The zero-order chi connectivity index (χ0) is 21.3. The lowest BCUT2D eigenvalue weighted by atomic mass is 10.2. The third kappa shape index (κ3) is 3.32. The molecule has 0 aliphatic carbocycles. The van der Waals surface area contributed by atoms with Crippen LogP contribution in [-0.4, -0.2) is 41.4 Å². The number of fused-ring (bicyclic) bond motifs is 1. The van der Waals surface area contributed by atoms with Gasteiger partial charge >= 0.3 is 0 Å². The van der Waals surface area contributed by atoms with E-state index < -0.39 is 10.0 Å². The van der Waals surface area contributed by atoms with Crippen molar-refractivity contribution in [1.29, 1.82) is 5.26 Å². The first-order valence-electron chi connectivity index (χ1n) is 8.56. The first-order chi connectivity index (χ1) is 13.8. The molecule has 0 radical (unpaired) electrons. The topological polar surface area (TPSA) is 93.8 Å². The number of hydrogen-bond acceptors (Lipinski definition) is 6. The molecule has 9 heteroatoms. The molecule has 0 aliphatic rings. The normalized spacial score (nSPS) is 11.2. The Morgan fingerprint density at radius 1 is 1.03 bits per heavy atom. The fraction of sp³-hybridized carbons (Fsp3) is 0.250. The van der Waals surface area contributed by atoms with Crippen molar-refractivity contribution in [2.75, 3.05) is 32.7 Å². The van der Waals surface area contributed by atoms with Gasteiger partial charge in [-0.1, -0.05) is 0 Å². The molecule has 1 aromatic heterocycles. The quantitative estimate of drug-likeness (QED) is 0.615. The third-order valence-corrected chi connectivity index (χ3v) is 6.53. The summed E-state index contributed by atoms with van der Waals surface area (Å²) in [6.45, 7) is 0. The van der Waals surface area contributed by atoms with Crippen LogP contribution in [0.4, 0.5) is 5.69 Å². The zero-order valence-corrected chi connectivity index (χ0v) is 17.6. The molecule has 8 nitrogen and oxygen atoms in total. The molecule has 3 rings (SSSR count). The van der Waals surface area contributed by atoms with Crippen LogP contribution >= 0.6 is 0 Å². The van der Waals surface area contributed by atoms with E-state index in [0.29, 0.717) is 33.9 Å². The second kappa shape index (κ2) is 7.56. The number of hydrogen-bond donors (Lipinski definition) is 0. The maximum atomic E-state index is 13.3. The predicted molar refractivity (Wildman–Crippen MR) is 109 cm³/mol. The Morgan fingerprint density at radius 2 is 1.66 bits per heavy atom. The van der Waals surface area contributed by atoms with Crippen LogP contribution in [0, 0.1) is 11.3 Å². The number of rotatable bonds is 6. The number of methoxy groups -OCH3 is 3. The number of ether oxygens (including phenoxy) is 3. The number of aryl methyl sites for hydroxylation is 1. The summed E-state index contributed by atoms with van der Waals surface area (Å²) in [5.74, 6) is 1.05. The van der Waals surface area contributed by atoms with Crippen LogP contribution in [0.25, 0.3) is 10.9 Å². The second-order valence-corrected chi connectivity index (χ2v) is 8.27. The fourth-order valence-electron chi connectivity index (χ4n) is 3.17. The van der Waals surface area contributed by atoms with Gasteiger partial charge in [-0.3, -0.25) is 4.31 Å². The fourth-order valence-corrected chi connectivity index (χ4v) is 4.37. The Labute approximate surface area is 169 Å². The lowest BCUT2D eigenvalue weighted by Crippen LogP contribution is -2.26. The minimum atomic E-state index is -3.91. The highest BCUT2D eigenvalue weighted by Crippen LogP contribution is 2.41. The molecule has 1 heterocycles. The van der Waals surface area contributed by atoms with Gasteiger partial charge in [0.25, 0.3) is 10.0 Å². The average Bonchev–Trinajstić information content (AvgIpc) is 3.07. The Hall–Kier alpha value is -3.38. The van der Waals surface area contributed by atoms with E-state index >= 15 is 0 Å². The van der Waals surface area contributed by atoms with Crippen molar-refractivity contribution in [1.82, 2.24) is 4.57 Å². The van der Waals surface area contributed by atoms with Crippen LogP contribution in [0.5, 0.6) is 17.2 Å². The van der Waals surface area contributed by atoms with E-state index in [4.69, 9.17) is 14.2 Å². The summed E-state index contributed by atoms with van der Waals surface area (Å²) < 4.78 is 45.4. The first-order valence-corrected chi connectivity index (χ1v) is 10.0. The summed E-state index contributed by atoms with van der Waals surface area (Å²) in [7, 11) is 3.74. The minimum absolute atomic E-state index is 0.0731. The molecular weight excluding hydrogens is 394 g/mol. The van der Waals surface area contributed by atoms with Gasteiger partial charge in [-0.05, 0) is 18.2 Å². The minimum Gasteiger partial charge on any atom is -0.493 e. The molecule has 0 unspecified atom stereocenters. The van der Waals surface area contributed by atoms with E-state index in [1.807, 2.05) is 0 Å². The van der Waals surface area contributed by atoms with Crippen molar-refractivity contribution < 1.29 is 22.6 Å². The summed E-state index contributed by atoms with van der Waals surface area (Å²) in [4.78, 5) is 0.0731. The van der Waals surface area contributed by atoms with E-state index in [2.05, 4.69) is 6.07 Å². The van der Waals surface area contributed by atoms with E-state index in [1.165, 1.54) is 40.5 Å². The number of sulfonamides is 1. The predicted octanol–water partition coefficient (Wildman–Crippen LogP) is 2.90. The smallest absolute Gasteiger partial charge is 0.264 e. The highest BCUT2D eigenvalue weighted by Gasteiger charge is 2.25. The van der Waals surface area contributed by atoms with Crippen molar-refractivity contribution in [3.05, 3.63) is 42.1 Å². The van der Waals surface area contributed by atoms with Gasteiger partial charge in [-0.15, -0.1) is 0 Å². The van der Waals surface area contributed by atoms with Crippen LogP contribution < -0.4 is 18.5 Å². The van der Waals surface area contributed by atoms with Crippen molar-refractivity contribution in [3.8, 4) is 23.3 Å². The Kier molecular flexibility index (Phi) is 5.31. The number of nitrogens with zero attached hydrogens (tertiary/aromatic N) is 3. The summed E-state index contributed by atoms with van der Waals surface area (Å²) in [6, 6.07) is 9.93.